The highest BCUT2D eigenvalue weighted by Crippen LogP contribution is 2.42. The van der Waals surface area contributed by atoms with Gasteiger partial charge in [-0.2, -0.15) is 0 Å². The molecule has 0 spiro atoms. The Labute approximate surface area is 159 Å². The molecule has 2 aromatic heterocycles. The lowest BCUT2D eigenvalue weighted by Crippen LogP contribution is -2.18. The highest BCUT2D eigenvalue weighted by atomic mass is 32.1. The molecule has 3 heterocycles. The van der Waals surface area contributed by atoms with Crippen molar-refractivity contribution in [3.05, 3.63) is 45.1 Å². The number of aliphatic hydroxyl groups excluding tert-OH is 1. The number of carbonyl (C=O) groups is 1. The smallest absolute Gasteiger partial charge is 0.252 e. The molecular formula is C19H20N2O5S. The predicted molar refractivity (Wildman–Crippen MR) is 100 cm³/mol. The van der Waals surface area contributed by atoms with Crippen LogP contribution in [0.3, 0.4) is 0 Å². The third kappa shape index (κ3) is 3.20. The van der Waals surface area contributed by atoms with Crippen LogP contribution in [0.1, 0.15) is 37.5 Å². The molecule has 1 aliphatic heterocycles. The van der Waals surface area contributed by atoms with Gasteiger partial charge < -0.3 is 24.7 Å². The zero-order valence-corrected chi connectivity index (χ0v) is 15.8. The van der Waals surface area contributed by atoms with Crippen LogP contribution in [-0.2, 0) is 11.3 Å². The average Bonchev–Trinajstić information content (AvgIpc) is 3.30. The number of furan rings is 1. The molecule has 0 aliphatic carbocycles. The van der Waals surface area contributed by atoms with Crippen molar-refractivity contribution >= 4 is 28.2 Å². The predicted octanol–water partition coefficient (Wildman–Crippen LogP) is 2.66. The summed E-state index contributed by atoms with van der Waals surface area (Å²) in [6.07, 6.45) is 1.09. The van der Waals surface area contributed by atoms with E-state index in [2.05, 4.69) is 4.98 Å². The molecule has 0 radical (unpaired) electrons. The standard InChI is InChI=1S/C19H20N2O5S/c1-9-16(19(20)23)18-15(26-9)4-3-14(17(18)12-7-24-8-13(12)22)25-6-11-5-21-10(2)27-11/h3-5,12-13,22H,6-8H2,1-2H3,(H2,20,23)/t12-,13-/m1/s1. The first-order chi connectivity index (χ1) is 13.0. The van der Waals surface area contributed by atoms with E-state index in [-0.39, 0.29) is 12.5 Å². The fraction of sp³-hybridized carbons (Fsp3) is 0.368. The summed E-state index contributed by atoms with van der Waals surface area (Å²) in [6.45, 7) is 4.55. The van der Waals surface area contributed by atoms with Gasteiger partial charge in [0.05, 0.1) is 34.8 Å². The molecule has 27 heavy (non-hydrogen) atoms. The summed E-state index contributed by atoms with van der Waals surface area (Å²) >= 11 is 1.56. The molecule has 1 amide bonds. The van der Waals surface area contributed by atoms with Crippen LogP contribution in [0.25, 0.3) is 11.0 Å². The number of amides is 1. The minimum Gasteiger partial charge on any atom is -0.488 e. The van der Waals surface area contributed by atoms with Crippen LogP contribution in [0.15, 0.2) is 22.7 Å². The van der Waals surface area contributed by atoms with Crippen molar-refractivity contribution in [1.29, 1.82) is 0 Å². The van der Waals surface area contributed by atoms with Crippen molar-refractivity contribution < 1.29 is 23.8 Å². The fourth-order valence-corrected chi connectivity index (χ4v) is 4.25. The number of benzene rings is 1. The first-order valence-corrected chi connectivity index (χ1v) is 9.43. The van der Waals surface area contributed by atoms with Crippen LogP contribution in [0.4, 0.5) is 0 Å². The molecule has 7 nitrogen and oxygen atoms in total. The third-order valence-electron chi connectivity index (χ3n) is 4.74. The van der Waals surface area contributed by atoms with Crippen molar-refractivity contribution in [2.75, 3.05) is 13.2 Å². The number of nitrogens with zero attached hydrogens (tertiary/aromatic N) is 1. The summed E-state index contributed by atoms with van der Waals surface area (Å²) in [4.78, 5) is 17.3. The summed E-state index contributed by atoms with van der Waals surface area (Å²) < 4.78 is 17.2. The Morgan fingerprint density at radius 2 is 2.22 bits per heavy atom. The van der Waals surface area contributed by atoms with E-state index in [1.54, 1.807) is 36.6 Å². The van der Waals surface area contributed by atoms with Gasteiger partial charge in [0.2, 0.25) is 0 Å². The topological polar surface area (TPSA) is 108 Å². The molecule has 4 rings (SSSR count). The Kier molecular flexibility index (Phi) is 4.63. The number of carbonyl (C=O) groups excluding carboxylic acids is 1. The summed E-state index contributed by atoms with van der Waals surface area (Å²) in [5.41, 5.74) is 7.16. The summed E-state index contributed by atoms with van der Waals surface area (Å²) in [6, 6.07) is 3.55. The molecule has 0 bridgehead atoms. The van der Waals surface area contributed by atoms with E-state index in [1.165, 1.54) is 0 Å². The lowest BCUT2D eigenvalue weighted by molar-refractivity contribution is 0.1000. The zero-order chi connectivity index (χ0) is 19.1. The van der Waals surface area contributed by atoms with Gasteiger partial charge in [0.1, 0.15) is 23.7 Å². The number of rotatable bonds is 5. The maximum Gasteiger partial charge on any atom is 0.252 e. The molecule has 1 aliphatic rings. The molecule has 1 fully saturated rings. The monoisotopic (exact) mass is 388 g/mol. The largest absolute Gasteiger partial charge is 0.488 e. The van der Waals surface area contributed by atoms with E-state index < -0.39 is 12.0 Å². The Morgan fingerprint density at radius 3 is 2.85 bits per heavy atom. The van der Waals surface area contributed by atoms with E-state index in [0.29, 0.717) is 46.8 Å². The molecule has 0 saturated carbocycles. The minimum absolute atomic E-state index is 0.233. The van der Waals surface area contributed by atoms with Crippen LogP contribution < -0.4 is 10.5 Å². The highest BCUT2D eigenvalue weighted by Gasteiger charge is 2.34. The van der Waals surface area contributed by atoms with E-state index in [4.69, 9.17) is 19.6 Å². The van der Waals surface area contributed by atoms with Gasteiger partial charge in [0.15, 0.2) is 0 Å². The van der Waals surface area contributed by atoms with Crippen LogP contribution in [0, 0.1) is 13.8 Å². The van der Waals surface area contributed by atoms with Gasteiger partial charge in [-0.3, -0.25) is 4.79 Å². The van der Waals surface area contributed by atoms with Crippen LogP contribution in [0.5, 0.6) is 5.75 Å². The number of thiazole rings is 1. The molecule has 3 N–H and O–H groups in total. The van der Waals surface area contributed by atoms with Crippen molar-refractivity contribution in [3.63, 3.8) is 0 Å². The quantitative estimate of drug-likeness (QED) is 0.696. The molecule has 0 unspecified atom stereocenters. The number of fused-ring (bicyclic) bond motifs is 1. The Morgan fingerprint density at radius 1 is 1.41 bits per heavy atom. The molecule has 2 atom stereocenters. The number of ether oxygens (including phenoxy) is 2. The van der Waals surface area contributed by atoms with Gasteiger partial charge in [-0.15, -0.1) is 11.3 Å². The van der Waals surface area contributed by atoms with Crippen molar-refractivity contribution in [1.82, 2.24) is 4.98 Å². The summed E-state index contributed by atoms with van der Waals surface area (Å²) in [5.74, 6) is 0.118. The zero-order valence-electron chi connectivity index (χ0n) is 15.0. The molecule has 1 saturated heterocycles. The number of nitrogens with two attached hydrogens (primary N) is 1. The Bertz CT molecular complexity index is 1010. The molecule has 3 aromatic rings. The summed E-state index contributed by atoms with van der Waals surface area (Å²) in [7, 11) is 0. The summed E-state index contributed by atoms with van der Waals surface area (Å²) in [5, 5.41) is 12.0. The van der Waals surface area contributed by atoms with Crippen LogP contribution in [-0.4, -0.2) is 35.3 Å². The van der Waals surface area contributed by atoms with Gasteiger partial charge in [0.25, 0.3) is 5.91 Å². The molecule has 8 heteroatoms. The van der Waals surface area contributed by atoms with E-state index in [1.807, 2.05) is 6.92 Å². The SMILES string of the molecule is Cc1ncc(COc2ccc3oc(C)c(C(N)=O)c3c2[C@@H]2COC[C@H]2O)s1. The number of aryl methyl sites for hydroxylation is 2. The second kappa shape index (κ2) is 6.95. The van der Waals surface area contributed by atoms with Crippen LogP contribution in [0.2, 0.25) is 0 Å². The number of aliphatic hydroxyl groups is 1. The second-order valence-corrected chi connectivity index (χ2v) is 7.91. The van der Waals surface area contributed by atoms with E-state index in [0.717, 1.165) is 9.88 Å². The number of aromatic nitrogens is 1. The molecular weight excluding hydrogens is 368 g/mol. The van der Waals surface area contributed by atoms with Crippen molar-refractivity contribution in [2.24, 2.45) is 5.73 Å². The van der Waals surface area contributed by atoms with Gasteiger partial charge in [-0.1, -0.05) is 0 Å². The van der Waals surface area contributed by atoms with Gasteiger partial charge in [-0.25, -0.2) is 4.98 Å². The number of primary amides is 1. The van der Waals surface area contributed by atoms with Crippen molar-refractivity contribution in [3.8, 4) is 5.75 Å². The second-order valence-electron chi connectivity index (χ2n) is 6.59. The van der Waals surface area contributed by atoms with Crippen LogP contribution >= 0.6 is 11.3 Å². The lowest BCUT2D eigenvalue weighted by atomic mass is 9.90. The number of hydrogen-bond acceptors (Lipinski definition) is 7. The Balaban J connectivity index is 1.84. The van der Waals surface area contributed by atoms with Gasteiger partial charge in [0, 0.05) is 23.1 Å². The third-order valence-corrected chi connectivity index (χ3v) is 5.63. The normalized spacial score (nSPS) is 19.7. The van der Waals surface area contributed by atoms with E-state index in [9.17, 15) is 9.90 Å². The van der Waals surface area contributed by atoms with Gasteiger partial charge >= 0.3 is 0 Å². The number of hydrogen-bond donors (Lipinski definition) is 2. The molecule has 1 aromatic carbocycles. The molecule has 142 valence electrons. The first-order valence-electron chi connectivity index (χ1n) is 8.61. The maximum absolute atomic E-state index is 12.1. The average molecular weight is 388 g/mol. The highest BCUT2D eigenvalue weighted by molar-refractivity contribution is 7.11. The van der Waals surface area contributed by atoms with Gasteiger partial charge in [-0.05, 0) is 26.0 Å². The minimum atomic E-state index is -0.695. The first kappa shape index (κ1) is 18.0. The maximum atomic E-state index is 12.1. The fourth-order valence-electron chi connectivity index (χ4n) is 3.55. The Hall–Kier alpha value is -2.42. The lowest BCUT2D eigenvalue weighted by Gasteiger charge is -2.19. The van der Waals surface area contributed by atoms with E-state index >= 15 is 0 Å². The van der Waals surface area contributed by atoms with Crippen molar-refractivity contribution in [2.45, 2.75) is 32.5 Å².